The van der Waals surface area contributed by atoms with Gasteiger partial charge in [-0.1, -0.05) is 52.5 Å². The summed E-state index contributed by atoms with van der Waals surface area (Å²) in [5, 5.41) is 27.1. The van der Waals surface area contributed by atoms with Crippen LogP contribution in [-0.2, 0) is 0 Å². The van der Waals surface area contributed by atoms with E-state index < -0.39 is 9.85 Å². The fourth-order valence-corrected chi connectivity index (χ4v) is 7.79. The van der Waals surface area contributed by atoms with Crippen molar-refractivity contribution >= 4 is 22.8 Å². The monoisotopic (exact) mass is 510 g/mol. The Morgan fingerprint density at radius 1 is 1.08 bits per heavy atom. The van der Waals surface area contributed by atoms with Crippen molar-refractivity contribution in [3.63, 3.8) is 0 Å². The summed E-state index contributed by atoms with van der Waals surface area (Å²) in [5.41, 5.74) is 6.48. The van der Waals surface area contributed by atoms with Gasteiger partial charge in [0, 0.05) is 6.07 Å². The fourth-order valence-electron chi connectivity index (χ4n) is 7.79. The lowest BCUT2D eigenvalue weighted by atomic mass is 9.55. The summed E-state index contributed by atoms with van der Waals surface area (Å²) < 4.78 is 0. The second-order valence-corrected chi connectivity index (χ2v) is 12.3. The van der Waals surface area contributed by atoms with Crippen LogP contribution in [0.25, 0.3) is 0 Å². The number of non-ortho nitro benzene ring substituents is 1. The van der Waals surface area contributed by atoms with E-state index in [-0.39, 0.29) is 17.1 Å². The molecule has 5 atom stereocenters. The van der Waals surface area contributed by atoms with Gasteiger partial charge >= 0.3 is 5.69 Å². The number of hydrogen-bond donors (Lipinski definition) is 1. The Hall–Kier alpha value is -2.77. The van der Waals surface area contributed by atoms with Crippen LogP contribution in [0.1, 0.15) is 92.4 Å². The van der Waals surface area contributed by atoms with Crippen LogP contribution in [0.2, 0.25) is 0 Å². The molecule has 0 radical (unpaired) electrons. The molecule has 3 aliphatic carbocycles. The van der Waals surface area contributed by atoms with E-state index in [9.17, 15) is 20.2 Å². The van der Waals surface area contributed by atoms with Crippen LogP contribution in [0, 0.1) is 55.2 Å². The summed E-state index contributed by atoms with van der Waals surface area (Å²) in [6, 6.07) is 3.61. The Bertz CT molecular complexity index is 1110. The number of nitrogens with one attached hydrogen (secondary N) is 1. The molecule has 0 heterocycles. The van der Waals surface area contributed by atoms with Crippen molar-refractivity contribution in [2.45, 2.75) is 92.4 Å². The first-order chi connectivity index (χ1) is 17.5. The largest absolute Gasteiger partial charge is 0.301 e. The molecule has 1 N–H and O–H groups in total. The summed E-state index contributed by atoms with van der Waals surface area (Å²) >= 11 is 0. The smallest absolute Gasteiger partial charge is 0.271 e. The maximum Gasteiger partial charge on any atom is 0.301 e. The van der Waals surface area contributed by atoms with Crippen LogP contribution in [0.3, 0.4) is 0 Å². The predicted molar refractivity (Wildman–Crippen MR) is 148 cm³/mol. The number of fused-ring (bicyclic) bond motifs is 3. The third-order valence-electron chi connectivity index (χ3n) is 9.78. The summed E-state index contributed by atoms with van der Waals surface area (Å²) in [6.07, 6.45) is 10.9. The lowest BCUT2D eigenvalue weighted by molar-refractivity contribution is -0.393. The second-order valence-electron chi connectivity index (χ2n) is 12.3. The number of hydrazone groups is 1. The Labute approximate surface area is 220 Å². The predicted octanol–water partition coefficient (Wildman–Crippen LogP) is 8.29. The van der Waals surface area contributed by atoms with E-state index in [1.807, 2.05) is 0 Å². The lowest BCUT2D eigenvalue weighted by Crippen LogP contribution is -2.42. The minimum Gasteiger partial charge on any atom is -0.271 e. The fraction of sp³-hybridized carbons (Fsp3) is 0.690. The van der Waals surface area contributed by atoms with Gasteiger partial charge in [0.1, 0.15) is 5.69 Å². The van der Waals surface area contributed by atoms with E-state index in [0.717, 1.165) is 54.7 Å². The van der Waals surface area contributed by atoms with Gasteiger partial charge in [-0.2, -0.15) is 5.10 Å². The highest BCUT2D eigenvalue weighted by atomic mass is 16.6. The topological polar surface area (TPSA) is 111 Å². The van der Waals surface area contributed by atoms with Crippen LogP contribution < -0.4 is 5.43 Å². The standard InChI is InChI=1S/C29H42N4O4/c1-18(2)7-6-8-19(3)24-11-12-25-23-10-14-26(20(4)22(23)15-16-29(24,25)5)30-31-27-13-9-21(32(34)35)17-28(27)33(36)37/h9,13,17-19,23-25,31H,6-8,10-12,14-16H2,1-5H3/b30-26+/t19-,23-,24+,25-,29-/m1/s1. The maximum atomic E-state index is 11.5. The van der Waals surface area contributed by atoms with Gasteiger partial charge in [0.2, 0.25) is 0 Å². The molecule has 8 nitrogen and oxygen atoms in total. The van der Waals surface area contributed by atoms with Crippen molar-refractivity contribution < 1.29 is 9.85 Å². The van der Waals surface area contributed by atoms with Crippen molar-refractivity contribution in [1.82, 2.24) is 0 Å². The normalized spacial score (nSPS) is 29.2. The Kier molecular flexibility index (Phi) is 8.05. The number of allylic oxidation sites excluding steroid dienone is 2. The number of hydrogen-bond acceptors (Lipinski definition) is 6. The van der Waals surface area contributed by atoms with E-state index in [1.54, 1.807) is 0 Å². The summed E-state index contributed by atoms with van der Waals surface area (Å²) in [5.74, 6) is 3.71. The van der Waals surface area contributed by atoms with Crippen LogP contribution in [-0.4, -0.2) is 15.6 Å². The highest BCUT2D eigenvalue weighted by Crippen LogP contribution is 2.63. The van der Waals surface area contributed by atoms with Gasteiger partial charge in [-0.25, -0.2) is 0 Å². The molecule has 0 spiro atoms. The number of nitro groups is 2. The molecule has 2 fully saturated rings. The van der Waals surface area contributed by atoms with Crippen molar-refractivity contribution in [2.24, 2.45) is 40.1 Å². The first kappa shape index (κ1) is 27.3. The Morgan fingerprint density at radius 3 is 2.51 bits per heavy atom. The van der Waals surface area contributed by atoms with Crippen LogP contribution in [0.4, 0.5) is 17.1 Å². The van der Waals surface area contributed by atoms with Crippen molar-refractivity contribution in [2.75, 3.05) is 5.43 Å². The van der Waals surface area contributed by atoms with Gasteiger partial charge < -0.3 is 0 Å². The molecule has 0 amide bonds. The molecule has 37 heavy (non-hydrogen) atoms. The maximum absolute atomic E-state index is 11.5. The molecule has 0 aliphatic heterocycles. The quantitative estimate of drug-likeness (QED) is 0.265. The molecule has 0 bridgehead atoms. The molecule has 0 aromatic heterocycles. The van der Waals surface area contributed by atoms with E-state index in [1.165, 1.54) is 61.8 Å². The van der Waals surface area contributed by atoms with Crippen molar-refractivity contribution in [3.8, 4) is 0 Å². The molecular formula is C29H42N4O4. The van der Waals surface area contributed by atoms with Crippen molar-refractivity contribution in [3.05, 3.63) is 49.6 Å². The molecule has 1 aromatic rings. The molecule has 0 unspecified atom stereocenters. The zero-order valence-electron chi connectivity index (χ0n) is 23.0. The average molecular weight is 511 g/mol. The molecule has 202 valence electrons. The number of benzene rings is 1. The van der Waals surface area contributed by atoms with E-state index in [2.05, 4.69) is 45.1 Å². The second kappa shape index (κ2) is 10.9. The minimum atomic E-state index is -0.630. The van der Waals surface area contributed by atoms with E-state index in [4.69, 9.17) is 0 Å². The zero-order valence-corrected chi connectivity index (χ0v) is 23.0. The van der Waals surface area contributed by atoms with Gasteiger partial charge in [-0.3, -0.25) is 25.7 Å². The summed E-state index contributed by atoms with van der Waals surface area (Å²) in [6.45, 7) is 11.8. The van der Waals surface area contributed by atoms with Crippen LogP contribution in [0.5, 0.6) is 0 Å². The first-order valence-corrected chi connectivity index (χ1v) is 14.0. The Morgan fingerprint density at radius 2 is 1.84 bits per heavy atom. The van der Waals surface area contributed by atoms with Gasteiger partial charge in [0.05, 0.1) is 21.6 Å². The molecule has 4 rings (SSSR count). The van der Waals surface area contributed by atoms with E-state index in [0.29, 0.717) is 11.3 Å². The molecule has 2 saturated carbocycles. The molecule has 0 saturated heterocycles. The number of nitro benzene ring substituents is 2. The van der Waals surface area contributed by atoms with Gasteiger partial charge in [0.25, 0.3) is 5.69 Å². The first-order valence-electron chi connectivity index (χ1n) is 14.0. The Balaban J connectivity index is 1.49. The minimum absolute atomic E-state index is 0.171. The van der Waals surface area contributed by atoms with Crippen LogP contribution in [0.15, 0.2) is 34.4 Å². The molecule has 8 heteroatoms. The van der Waals surface area contributed by atoms with Gasteiger partial charge in [-0.15, -0.1) is 0 Å². The summed E-state index contributed by atoms with van der Waals surface area (Å²) in [7, 11) is 0. The number of nitrogens with zero attached hydrogens (tertiary/aromatic N) is 3. The lowest BCUT2D eigenvalue weighted by Gasteiger charge is -2.49. The highest BCUT2D eigenvalue weighted by Gasteiger charge is 2.54. The van der Waals surface area contributed by atoms with Gasteiger partial charge in [-0.05, 0) is 92.1 Å². The summed E-state index contributed by atoms with van der Waals surface area (Å²) in [4.78, 5) is 21.3. The third kappa shape index (κ3) is 5.43. The molecule has 3 aliphatic rings. The SMILES string of the molecule is CC1=C2CC[C@@]3(C)[C@H](CC[C@H]3[C@H](C)CCCC(C)C)[C@@H]2CC/C1=N\Nc1ccc([N+](=O)[O-])cc1[N+](=O)[O-]. The molecular weight excluding hydrogens is 468 g/mol. The van der Waals surface area contributed by atoms with Gasteiger partial charge in [0.15, 0.2) is 0 Å². The third-order valence-corrected chi connectivity index (χ3v) is 9.78. The zero-order chi connectivity index (χ0) is 26.9. The highest BCUT2D eigenvalue weighted by molar-refractivity contribution is 6.01. The number of anilines is 1. The average Bonchev–Trinajstić information content (AvgIpc) is 3.20. The van der Waals surface area contributed by atoms with E-state index >= 15 is 0 Å². The van der Waals surface area contributed by atoms with Crippen molar-refractivity contribution in [1.29, 1.82) is 0 Å². The molecule has 1 aromatic carbocycles. The number of rotatable bonds is 9. The van der Waals surface area contributed by atoms with Crippen LogP contribution >= 0.6 is 0 Å².